The van der Waals surface area contributed by atoms with E-state index in [2.05, 4.69) is 10.6 Å². The van der Waals surface area contributed by atoms with Gasteiger partial charge in [-0.3, -0.25) is 34.2 Å². The van der Waals surface area contributed by atoms with Crippen LogP contribution in [0.15, 0.2) is 24.3 Å². The third-order valence-corrected chi connectivity index (χ3v) is 5.97. The van der Waals surface area contributed by atoms with Gasteiger partial charge < -0.3 is 5.32 Å². The summed E-state index contributed by atoms with van der Waals surface area (Å²) in [6, 6.07) is 7.06. The number of anilines is 1. The summed E-state index contributed by atoms with van der Waals surface area (Å²) < 4.78 is 0. The summed E-state index contributed by atoms with van der Waals surface area (Å²) in [4.78, 5) is 60.2. The second kappa shape index (κ2) is 6.89. The van der Waals surface area contributed by atoms with Gasteiger partial charge in [0.25, 0.3) is 10.5 Å². The molecule has 0 aromatic heterocycles. The smallest absolute Gasteiger partial charge is 0.289 e. The Balaban J connectivity index is 1.64. The van der Waals surface area contributed by atoms with Crippen LogP contribution in [0.3, 0.4) is 0 Å². The van der Waals surface area contributed by atoms with E-state index in [9.17, 15) is 24.0 Å². The fourth-order valence-electron chi connectivity index (χ4n) is 2.35. The number of aryl methyl sites for hydroxylation is 1. The molecule has 0 aliphatic carbocycles. The molecule has 2 atom stereocenters. The van der Waals surface area contributed by atoms with Crippen molar-refractivity contribution in [2.24, 2.45) is 0 Å². The van der Waals surface area contributed by atoms with Crippen LogP contribution >= 0.6 is 23.5 Å². The summed E-state index contributed by atoms with van der Waals surface area (Å²) in [5.41, 5.74) is 1.58. The normalized spacial score (nSPS) is 23.2. The highest BCUT2D eigenvalue weighted by Crippen LogP contribution is 2.36. The Morgan fingerprint density at radius 3 is 2.40 bits per heavy atom. The number of benzene rings is 1. The Morgan fingerprint density at radius 2 is 1.80 bits per heavy atom. The molecule has 8 nitrogen and oxygen atoms in total. The first-order chi connectivity index (χ1) is 11.8. The van der Waals surface area contributed by atoms with Crippen LogP contribution in [0.2, 0.25) is 0 Å². The Morgan fingerprint density at radius 1 is 1.12 bits per heavy atom. The van der Waals surface area contributed by atoms with E-state index in [0.717, 1.165) is 10.5 Å². The Hall–Kier alpha value is -2.33. The molecule has 2 aliphatic rings. The van der Waals surface area contributed by atoms with Gasteiger partial charge in [0.1, 0.15) is 17.0 Å². The van der Waals surface area contributed by atoms with Crippen LogP contribution < -0.4 is 10.6 Å². The highest BCUT2D eigenvalue weighted by atomic mass is 32.2. The van der Waals surface area contributed by atoms with Crippen molar-refractivity contribution >= 4 is 57.4 Å². The lowest BCUT2D eigenvalue weighted by Crippen LogP contribution is -2.42. The lowest BCUT2D eigenvalue weighted by Gasteiger charge is -2.15. The summed E-state index contributed by atoms with van der Waals surface area (Å²) in [6.45, 7) is 1.47. The average Bonchev–Trinajstić information content (AvgIpc) is 3.02. The SMILES string of the molecule is Cc1ccc(NC(=O)CN2C(=O)SC(C3SC(=O)NC3=O)C2=O)cc1. The molecule has 1 aromatic rings. The monoisotopic (exact) mass is 379 g/mol. The number of imide groups is 2. The zero-order valence-corrected chi connectivity index (χ0v) is 14.6. The van der Waals surface area contributed by atoms with Gasteiger partial charge in [-0.05, 0) is 42.6 Å². The molecule has 0 radical (unpaired) electrons. The minimum Gasteiger partial charge on any atom is -0.325 e. The van der Waals surface area contributed by atoms with Gasteiger partial charge in [0, 0.05) is 5.69 Å². The third kappa shape index (κ3) is 3.69. The second-order valence-electron chi connectivity index (χ2n) is 5.46. The highest BCUT2D eigenvalue weighted by Gasteiger charge is 2.50. The van der Waals surface area contributed by atoms with Crippen molar-refractivity contribution in [1.29, 1.82) is 0 Å². The number of thioether (sulfide) groups is 2. The maximum absolute atomic E-state index is 12.4. The van der Waals surface area contributed by atoms with Crippen LogP contribution in [0.1, 0.15) is 5.56 Å². The molecular formula is C15H13N3O5S2. The first-order valence-corrected chi connectivity index (χ1v) is 9.01. The van der Waals surface area contributed by atoms with Gasteiger partial charge in [0.2, 0.25) is 17.7 Å². The minimum absolute atomic E-state index is 0.442. The molecule has 10 heteroatoms. The molecule has 2 saturated heterocycles. The first kappa shape index (κ1) is 17.5. The summed E-state index contributed by atoms with van der Waals surface area (Å²) in [5, 5.41) is 1.57. The molecule has 2 heterocycles. The molecule has 2 fully saturated rings. The molecule has 1 aromatic carbocycles. The van der Waals surface area contributed by atoms with E-state index in [4.69, 9.17) is 0 Å². The number of rotatable bonds is 4. The molecule has 3 rings (SSSR count). The summed E-state index contributed by atoms with van der Waals surface area (Å²) in [7, 11) is 0. The quantitative estimate of drug-likeness (QED) is 0.812. The largest absolute Gasteiger partial charge is 0.325 e. The molecule has 2 unspecified atom stereocenters. The molecule has 0 saturated carbocycles. The summed E-state index contributed by atoms with van der Waals surface area (Å²) in [5.74, 6) is -1.76. The Bertz CT molecular complexity index is 780. The molecular weight excluding hydrogens is 366 g/mol. The zero-order valence-electron chi connectivity index (χ0n) is 13.0. The number of carbonyl (C=O) groups is 5. The number of hydrogen-bond donors (Lipinski definition) is 2. The standard InChI is InChI=1S/C15H13N3O5S2/c1-7-2-4-8(5-3-7)16-9(19)6-18-13(21)11(25-15(18)23)10-12(20)17-14(22)24-10/h2-5,10-11H,6H2,1H3,(H,16,19)(H,17,20,22). The van der Waals surface area contributed by atoms with Crippen LogP contribution in [0.5, 0.6) is 0 Å². The molecule has 0 bridgehead atoms. The molecule has 0 spiro atoms. The van der Waals surface area contributed by atoms with Gasteiger partial charge in [0.15, 0.2) is 0 Å². The molecule has 5 amide bonds. The average molecular weight is 379 g/mol. The summed E-state index contributed by atoms with van der Waals surface area (Å²) >= 11 is 1.34. The van der Waals surface area contributed by atoms with E-state index in [-0.39, 0.29) is 0 Å². The molecule has 2 aliphatic heterocycles. The van der Waals surface area contributed by atoms with E-state index in [1.165, 1.54) is 0 Å². The van der Waals surface area contributed by atoms with Crippen molar-refractivity contribution in [3.63, 3.8) is 0 Å². The van der Waals surface area contributed by atoms with Crippen LogP contribution in [0.4, 0.5) is 15.3 Å². The van der Waals surface area contributed by atoms with E-state index in [1.54, 1.807) is 12.1 Å². The maximum Gasteiger partial charge on any atom is 0.289 e. The predicted molar refractivity (Wildman–Crippen MR) is 93.2 cm³/mol. The number of nitrogens with one attached hydrogen (secondary N) is 2. The van der Waals surface area contributed by atoms with Crippen molar-refractivity contribution in [3.8, 4) is 0 Å². The number of amides is 5. The first-order valence-electron chi connectivity index (χ1n) is 7.25. The van der Waals surface area contributed by atoms with E-state index >= 15 is 0 Å². The second-order valence-corrected chi connectivity index (χ2v) is 7.67. The lowest BCUT2D eigenvalue weighted by atomic mass is 10.2. The van der Waals surface area contributed by atoms with Gasteiger partial charge >= 0.3 is 0 Å². The molecule has 130 valence electrons. The predicted octanol–water partition coefficient (Wildman–Crippen LogP) is 1.35. The lowest BCUT2D eigenvalue weighted by molar-refractivity contribution is -0.131. The fourth-order valence-corrected chi connectivity index (χ4v) is 4.45. The Labute approximate surface area is 151 Å². The maximum atomic E-state index is 12.4. The van der Waals surface area contributed by atoms with Gasteiger partial charge in [-0.2, -0.15) is 0 Å². The van der Waals surface area contributed by atoms with Crippen molar-refractivity contribution in [2.75, 3.05) is 11.9 Å². The Kier molecular flexibility index (Phi) is 4.82. The topological polar surface area (TPSA) is 113 Å². The van der Waals surface area contributed by atoms with Crippen LogP contribution in [0, 0.1) is 6.92 Å². The zero-order chi connectivity index (χ0) is 18.1. The van der Waals surface area contributed by atoms with Gasteiger partial charge in [0.05, 0.1) is 0 Å². The number of hydrogen-bond acceptors (Lipinski definition) is 7. The van der Waals surface area contributed by atoms with Crippen molar-refractivity contribution in [2.45, 2.75) is 17.4 Å². The van der Waals surface area contributed by atoms with Gasteiger partial charge in [-0.1, -0.05) is 17.7 Å². The van der Waals surface area contributed by atoms with Gasteiger partial charge in [-0.25, -0.2) is 0 Å². The highest BCUT2D eigenvalue weighted by molar-refractivity contribution is 8.19. The fraction of sp³-hybridized carbons (Fsp3) is 0.267. The molecule has 25 heavy (non-hydrogen) atoms. The number of nitrogens with zero attached hydrogens (tertiary/aromatic N) is 1. The number of carbonyl (C=O) groups excluding carboxylic acids is 5. The van der Waals surface area contributed by atoms with Crippen molar-refractivity contribution < 1.29 is 24.0 Å². The van der Waals surface area contributed by atoms with Crippen molar-refractivity contribution in [1.82, 2.24) is 10.2 Å². The molecule has 2 N–H and O–H groups in total. The van der Waals surface area contributed by atoms with Crippen LogP contribution in [-0.4, -0.2) is 50.1 Å². The third-order valence-electron chi connectivity index (χ3n) is 3.59. The van der Waals surface area contributed by atoms with Crippen LogP contribution in [0.25, 0.3) is 0 Å². The summed E-state index contributed by atoms with van der Waals surface area (Å²) in [6.07, 6.45) is 0. The van der Waals surface area contributed by atoms with E-state index in [0.29, 0.717) is 29.2 Å². The van der Waals surface area contributed by atoms with E-state index in [1.807, 2.05) is 19.1 Å². The van der Waals surface area contributed by atoms with Crippen LogP contribution in [-0.2, 0) is 14.4 Å². The van der Waals surface area contributed by atoms with Crippen molar-refractivity contribution in [3.05, 3.63) is 29.8 Å². The minimum atomic E-state index is -1.00. The van der Waals surface area contributed by atoms with Gasteiger partial charge in [-0.15, -0.1) is 0 Å². The van der Waals surface area contributed by atoms with E-state index < -0.39 is 45.2 Å².